The molecule has 1 aromatic carbocycles. The molecule has 0 aliphatic carbocycles. The van der Waals surface area contributed by atoms with Crippen molar-refractivity contribution in [3.63, 3.8) is 0 Å². The molecule has 0 spiro atoms. The molecule has 0 unspecified atom stereocenters. The predicted molar refractivity (Wildman–Crippen MR) is 59.0 cm³/mol. The Hall–Kier alpha value is -1.04. The van der Waals surface area contributed by atoms with Crippen LogP contribution >= 0.6 is 0 Å². The number of hydrogen-bond acceptors (Lipinski definition) is 0. The van der Waals surface area contributed by atoms with Crippen LogP contribution in [0.4, 0.5) is 0 Å². The molecule has 1 atom stereocenters. The monoisotopic (exact) mass is 174 g/mol. The minimum absolute atomic E-state index is 0.651. The lowest BCUT2D eigenvalue weighted by molar-refractivity contribution is 0.691. The molecule has 0 heterocycles. The summed E-state index contributed by atoms with van der Waals surface area (Å²) in [5.41, 5.74) is 2.77. The van der Waals surface area contributed by atoms with Gasteiger partial charge in [-0.05, 0) is 31.2 Å². The molecule has 0 aliphatic heterocycles. The Kier molecular flexibility index (Phi) is 3.75. The quantitative estimate of drug-likeness (QED) is 0.604. The molecule has 70 valence electrons. The van der Waals surface area contributed by atoms with Crippen molar-refractivity contribution in [1.29, 1.82) is 0 Å². The average molecular weight is 174 g/mol. The first-order valence-electron chi connectivity index (χ1n) is 4.91. The van der Waals surface area contributed by atoms with Gasteiger partial charge < -0.3 is 0 Å². The Morgan fingerprint density at radius 2 is 1.92 bits per heavy atom. The molecular formula is C13H18. The molecule has 0 nitrogen and oxygen atoms in total. The van der Waals surface area contributed by atoms with Crippen LogP contribution in [-0.2, 0) is 0 Å². The molecule has 0 heteroatoms. The molecule has 0 amide bonds. The van der Waals surface area contributed by atoms with Crippen LogP contribution in [0, 0.1) is 6.92 Å². The van der Waals surface area contributed by atoms with Crippen molar-refractivity contribution in [2.24, 2.45) is 0 Å². The minimum atomic E-state index is 0.651. The predicted octanol–water partition coefficient (Wildman–Crippen LogP) is 4.06. The van der Waals surface area contributed by atoms with E-state index in [1.54, 1.807) is 0 Å². The van der Waals surface area contributed by atoms with Gasteiger partial charge in [0.2, 0.25) is 0 Å². The van der Waals surface area contributed by atoms with Gasteiger partial charge in [-0.2, -0.15) is 0 Å². The molecule has 0 aromatic heterocycles. The van der Waals surface area contributed by atoms with E-state index in [4.69, 9.17) is 0 Å². The summed E-state index contributed by atoms with van der Waals surface area (Å²) in [6.45, 7) is 8.14. The van der Waals surface area contributed by atoms with Crippen LogP contribution in [-0.4, -0.2) is 0 Å². The van der Waals surface area contributed by atoms with Crippen molar-refractivity contribution in [3.8, 4) is 0 Å². The fraction of sp³-hybridized carbons (Fsp3) is 0.385. The highest BCUT2D eigenvalue weighted by atomic mass is 14.1. The summed E-state index contributed by atoms with van der Waals surface area (Å²) >= 11 is 0. The largest absolute Gasteiger partial charge is 0.103 e. The van der Waals surface area contributed by atoms with E-state index in [2.05, 4.69) is 44.7 Å². The fourth-order valence-corrected chi connectivity index (χ4v) is 1.43. The smallest absolute Gasteiger partial charge is 0.0187 e. The second kappa shape index (κ2) is 4.86. The molecule has 0 saturated carbocycles. The van der Waals surface area contributed by atoms with Crippen molar-refractivity contribution in [3.05, 3.63) is 48.0 Å². The summed E-state index contributed by atoms with van der Waals surface area (Å²) in [7, 11) is 0. The zero-order valence-electron chi connectivity index (χ0n) is 8.59. The maximum absolute atomic E-state index is 3.74. The molecule has 0 N–H and O–H groups in total. The van der Waals surface area contributed by atoms with E-state index >= 15 is 0 Å². The highest BCUT2D eigenvalue weighted by Gasteiger charge is 2.02. The highest BCUT2D eigenvalue weighted by molar-refractivity contribution is 5.23. The van der Waals surface area contributed by atoms with Gasteiger partial charge in [0.25, 0.3) is 0 Å². The van der Waals surface area contributed by atoms with Gasteiger partial charge in [-0.1, -0.05) is 42.8 Å². The topological polar surface area (TPSA) is 0 Å². The van der Waals surface area contributed by atoms with Gasteiger partial charge in [0, 0.05) is 0 Å². The van der Waals surface area contributed by atoms with Gasteiger partial charge in [0.1, 0.15) is 0 Å². The summed E-state index contributed by atoms with van der Waals surface area (Å²) < 4.78 is 0. The van der Waals surface area contributed by atoms with Crippen LogP contribution in [0.5, 0.6) is 0 Å². The second-order valence-electron chi connectivity index (χ2n) is 3.68. The van der Waals surface area contributed by atoms with Crippen LogP contribution < -0.4 is 0 Å². The lowest BCUT2D eigenvalue weighted by Gasteiger charge is -2.10. The standard InChI is InChI=1S/C13H18/c1-4-5-6-12(3)13-9-7-11(2)8-10-13/h4,7-10,12H,1,5-6H2,2-3H3/t12-/m1/s1. The maximum Gasteiger partial charge on any atom is -0.0187 e. The van der Waals surface area contributed by atoms with E-state index in [1.165, 1.54) is 17.5 Å². The van der Waals surface area contributed by atoms with Crippen molar-refractivity contribution >= 4 is 0 Å². The van der Waals surface area contributed by atoms with Crippen molar-refractivity contribution in [1.82, 2.24) is 0 Å². The van der Waals surface area contributed by atoms with Crippen LogP contribution in [0.25, 0.3) is 0 Å². The number of aryl methyl sites for hydroxylation is 1. The van der Waals surface area contributed by atoms with Crippen LogP contribution in [0.1, 0.15) is 36.8 Å². The Labute approximate surface area is 81.3 Å². The van der Waals surface area contributed by atoms with Crippen molar-refractivity contribution < 1.29 is 0 Å². The van der Waals surface area contributed by atoms with Crippen molar-refractivity contribution in [2.75, 3.05) is 0 Å². The second-order valence-corrected chi connectivity index (χ2v) is 3.68. The summed E-state index contributed by atoms with van der Waals surface area (Å²) in [6, 6.07) is 8.81. The van der Waals surface area contributed by atoms with Gasteiger partial charge in [0.05, 0.1) is 0 Å². The Balaban J connectivity index is 2.60. The first-order chi connectivity index (χ1) is 6.24. The first kappa shape index (κ1) is 10.0. The molecule has 0 saturated heterocycles. The first-order valence-corrected chi connectivity index (χ1v) is 4.91. The van der Waals surface area contributed by atoms with E-state index in [-0.39, 0.29) is 0 Å². The summed E-state index contributed by atoms with van der Waals surface area (Å²) in [6.07, 6.45) is 4.30. The van der Waals surface area contributed by atoms with Gasteiger partial charge >= 0.3 is 0 Å². The molecule has 13 heavy (non-hydrogen) atoms. The minimum Gasteiger partial charge on any atom is -0.103 e. The molecule has 0 fully saturated rings. The van der Waals surface area contributed by atoms with Gasteiger partial charge in [0.15, 0.2) is 0 Å². The normalized spacial score (nSPS) is 12.5. The van der Waals surface area contributed by atoms with E-state index < -0.39 is 0 Å². The molecule has 1 rings (SSSR count). The summed E-state index contributed by atoms with van der Waals surface area (Å²) in [4.78, 5) is 0. The zero-order valence-corrected chi connectivity index (χ0v) is 8.59. The van der Waals surface area contributed by atoms with Crippen LogP contribution in [0.3, 0.4) is 0 Å². The number of allylic oxidation sites excluding steroid dienone is 1. The Morgan fingerprint density at radius 3 is 2.46 bits per heavy atom. The number of hydrogen-bond donors (Lipinski definition) is 0. The van der Waals surface area contributed by atoms with Gasteiger partial charge in [-0.25, -0.2) is 0 Å². The van der Waals surface area contributed by atoms with Gasteiger partial charge in [-0.15, -0.1) is 6.58 Å². The summed E-state index contributed by atoms with van der Waals surface area (Å²) in [5, 5.41) is 0. The van der Waals surface area contributed by atoms with E-state index in [9.17, 15) is 0 Å². The van der Waals surface area contributed by atoms with E-state index in [1.807, 2.05) is 6.08 Å². The average Bonchev–Trinajstić information content (AvgIpc) is 2.15. The highest BCUT2D eigenvalue weighted by Crippen LogP contribution is 2.20. The Morgan fingerprint density at radius 1 is 1.31 bits per heavy atom. The SMILES string of the molecule is C=CCC[C@@H](C)c1ccc(C)cc1. The van der Waals surface area contributed by atoms with Crippen LogP contribution in [0.2, 0.25) is 0 Å². The lowest BCUT2D eigenvalue weighted by Crippen LogP contribution is -1.92. The fourth-order valence-electron chi connectivity index (χ4n) is 1.43. The third-order valence-corrected chi connectivity index (χ3v) is 2.45. The van der Waals surface area contributed by atoms with Crippen molar-refractivity contribution in [2.45, 2.75) is 32.6 Å². The molecule has 0 radical (unpaired) electrons. The van der Waals surface area contributed by atoms with Crippen LogP contribution in [0.15, 0.2) is 36.9 Å². The molecular weight excluding hydrogens is 156 g/mol. The van der Waals surface area contributed by atoms with Gasteiger partial charge in [-0.3, -0.25) is 0 Å². The molecule has 0 aliphatic rings. The number of rotatable bonds is 4. The van der Waals surface area contributed by atoms with E-state index in [0.29, 0.717) is 5.92 Å². The lowest BCUT2D eigenvalue weighted by atomic mass is 9.95. The third kappa shape index (κ3) is 3.06. The van der Waals surface area contributed by atoms with E-state index in [0.717, 1.165) is 6.42 Å². The zero-order chi connectivity index (χ0) is 9.68. The molecule has 1 aromatic rings. The third-order valence-electron chi connectivity index (χ3n) is 2.45. The maximum atomic E-state index is 3.74. The number of benzene rings is 1. The Bertz CT molecular complexity index is 256. The summed E-state index contributed by atoms with van der Waals surface area (Å²) in [5.74, 6) is 0.651. The molecule has 0 bridgehead atoms.